The molecule has 4 nitrogen and oxygen atoms in total. The average molecular weight is 295 g/mol. The predicted octanol–water partition coefficient (Wildman–Crippen LogP) is 4.80. The summed E-state index contributed by atoms with van der Waals surface area (Å²) in [6.07, 6.45) is 0. The van der Waals surface area contributed by atoms with Crippen LogP contribution in [-0.4, -0.2) is 9.97 Å². The van der Waals surface area contributed by atoms with Crippen LogP contribution in [0.15, 0.2) is 40.8 Å². The molecular formula is C16H13N3OS. The highest BCUT2D eigenvalue weighted by Gasteiger charge is 2.09. The van der Waals surface area contributed by atoms with Crippen molar-refractivity contribution in [3.63, 3.8) is 0 Å². The van der Waals surface area contributed by atoms with Gasteiger partial charge < -0.3 is 4.42 Å². The molecule has 0 aliphatic rings. The minimum Gasteiger partial charge on any atom is -0.423 e. The van der Waals surface area contributed by atoms with Crippen molar-refractivity contribution in [2.75, 3.05) is 5.32 Å². The summed E-state index contributed by atoms with van der Waals surface area (Å²) < 4.78 is 6.85. The topological polar surface area (TPSA) is 51.0 Å². The molecule has 4 rings (SSSR count). The molecule has 4 aromatic rings. The SMILES string of the molecule is Cc1ccc2oc(Nc3nc4ccc(C)cc4s3)nc2c1. The maximum Gasteiger partial charge on any atom is 0.302 e. The fourth-order valence-corrected chi connectivity index (χ4v) is 3.22. The molecule has 0 saturated carbocycles. The summed E-state index contributed by atoms with van der Waals surface area (Å²) in [6, 6.07) is 12.7. The first-order valence-electron chi connectivity index (χ1n) is 6.69. The Balaban J connectivity index is 1.71. The largest absolute Gasteiger partial charge is 0.423 e. The molecule has 0 spiro atoms. The van der Waals surface area contributed by atoms with Gasteiger partial charge in [-0.25, -0.2) is 4.98 Å². The van der Waals surface area contributed by atoms with Gasteiger partial charge in [0.1, 0.15) is 5.52 Å². The fourth-order valence-electron chi connectivity index (χ4n) is 2.27. The molecule has 0 unspecified atom stereocenters. The van der Waals surface area contributed by atoms with Crippen molar-refractivity contribution in [1.82, 2.24) is 9.97 Å². The van der Waals surface area contributed by atoms with Crippen molar-refractivity contribution in [3.8, 4) is 0 Å². The zero-order valence-electron chi connectivity index (χ0n) is 11.7. The van der Waals surface area contributed by atoms with Crippen LogP contribution in [0.5, 0.6) is 0 Å². The van der Waals surface area contributed by atoms with Crippen LogP contribution in [0.3, 0.4) is 0 Å². The summed E-state index contributed by atoms with van der Waals surface area (Å²) in [5.74, 6) is 0. The number of rotatable bonds is 2. The molecule has 5 heteroatoms. The van der Waals surface area contributed by atoms with Crippen LogP contribution >= 0.6 is 11.3 Å². The molecule has 0 bridgehead atoms. The molecule has 104 valence electrons. The molecule has 0 aliphatic carbocycles. The van der Waals surface area contributed by atoms with E-state index in [0.29, 0.717) is 6.01 Å². The van der Waals surface area contributed by atoms with Crippen molar-refractivity contribution < 1.29 is 4.42 Å². The van der Waals surface area contributed by atoms with E-state index in [0.717, 1.165) is 32.0 Å². The third-order valence-corrected chi connectivity index (χ3v) is 4.23. The zero-order chi connectivity index (χ0) is 14.4. The van der Waals surface area contributed by atoms with E-state index >= 15 is 0 Å². The summed E-state index contributed by atoms with van der Waals surface area (Å²) in [4.78, 5) is 8.99. The van der Waals surface area contributed by atoms with Crippen molar-refractivity contribution >= 4 is 43.8 Å². The fraction of sp³-hybridized carbons (Fsp3) is 0.125. The van der Waals surface area contributed by atoms with Crippen LogP contribution in [0, 0.1) is 13.8 Å². The van der Waals surface area contributed by atoms with E-state index in [1.807, 2.05) is 31.2 Å². The first-order valence-corrected chi connectivity index (χ1v) is 7.50. The van der Waals surface area contributed by atoms with E-state index in [1.54, 1.807) is 11.3 Å². The van der Waals surface area contributed by atoms with E-state index in [4.69, 9.17) is 4.42 Å². The molecule has 0 atom stereocenters. The average Bonchev–Trinajstić information content (AvgIpc) is 3.00. The standard InChI is InChI=1S/C16H13N3OS/c1-9-4-6-13-12(7-9)17-15(20-13)19-16-18-11-5-3-10(2)8-14(11)21-16/h3-8H,1-2H3,(H,17,18,19). The molecule has 0 fully saturated rings. The lowest BCUT2D eigenvalue weighted by Gasteiger charge is -1.92. The zero-order valence-corrected chi connectivity index (χ0v) is 12.5. The van der Waals surface area contributed by atoms with Gasteiger partial charge in [-0.2, -0.15) is 4.98 Å². The van der Waals surface area contributed by atoms with Gasteiger partial charge in [-0.1, -0.05) is 23.5 Å². The summed E-state index contributed by atoms with van der Waals surface area (Å²) in [6.45, 7) is 4.12. The second kappa shape index (κ2) is 4.56. The van der Waals surface area contributed by atoms with Crippen molar-refractivity contribution in [3.05, 3.63) is 47.5 Å². The lowest BCUT2D eigenvalue weighted by atomic mass is 10.2. The van der Waals surface area contributed by atoms with Crippen LogP contribution in [0.1, 0.15) is 11.1 Å². The van der Waals surface area contributed by atoms with Crippen LogP contribution in [-0.2, 0) is 0 Å². The lowest BCUT2D eigenvalue weighted by molar-refractivity contribution is 0.623. The number of hydrogen-bond acceptors (Lipinski definition) is 5. The predicted molar refractivity (Wildman–Crippen MR) is 86.4 cm³/mol. The number of benzene rings is 2. The van der Waals surface area contributed by atoms with Crippen molar-refractivity contribution in [1.29, 1.82) is 0 Å². The number of thiazole rings is 1. The van der Waals surface area contributed by atoms with Crippen LogP contribution < -0.4 is 5.32 Å². The molecule has 0 amide bonds. The van der Waals surface area contributed by atoms with E-state index in [9.17, 15) is 0 Å². The Hall–Kier alpha value is -2.40. The molecule has 2 aromatic heterocycles. The Bertz CT molecular complexity index is 877. The Kier molecular flexibility index (Phi) is 2.68. The van der Waals surface area contributed by atoms with Crippen LogP contribution in [0.4, 0.5) is 11.1 Å². The maximum absolute atomic E-state index is 5.69. The molecule has 0 saturated heterocycles. The summed E-state index contributed by atoms with van der Waals surface area (Å²) in [7, 11) is 0. The normalized spacial score (nSPS) is 11.3. The molecule has 2 aromatic carbocycles. The van der Waals surface area contributed by atoms with Gasteiger partial charge >= 0.3 is 6.01 Å². The number of aromatic nitrogens is 2. The molecular weight excluding hydrogens is 282 g/mol. The monoisotopic (exact) mass is 295 g/mol. The van der Waals surface area contributed by atoms with Crippen molar-refractivity contribution in [2.45, 2.75) is 13.8 Å². The van der Waals surface area contributed by atoms with Crippen LogP contribution in [0.2, 0.25) is 0 Å². The van der Waals surface area contributed by atoms with E-state index < -0.39 is 0 Å². The Morgan fingerprint density at radius 2 is 1.76 bits per heavy atom. The Morgan fingerprint density at radius 1 is 0.952 bits per heavy atom. The van der Waals surface area contributed by atoms with Gasteiger partial charge in [-0.05, 0) is 49.2 Å². The van der Waals surface area contributed by atoms with E-state index in [1.165, 1.54) is 5.56 Å². The van der Waals surface area contributed by atoms with Gasteiger partial charge in [0.25, 0.3) is 0 Å². The third-order valence-electron chi connectivity index (χ3n) is 3.30. The number of hydrogen-bond donors (Lipinski definition) is 1. The Labute approximate surface area is 125 Å². The number of anilines is 2. The van der Waals surface area contributed by atoms with Gasteiger partial charge in [-0.15, -0.1) is 0 Å². The van der Waals surface area contributed by atoms with Crippen LogP contribution in [0.25, 0.3) is 21.3 Å². The summed E-state index contributed by atoms with van der Waals surface area (Å²) in [5, 5.41) is 3.94. The second-order valence-electron chi connectivity index (χ2n) is 5.11. The molecule has 0 radical (unpaired) electrons. The molecule has 21 heavy (non-hydrogen) atoms. The van der Waals surface area contributed by atoms with Gasteiger partial charge in [0, 0.05) is 0 Å². The van der Waals surface area contributed by atoms with Gasteiger partial charge in [0.2, 0.25) is 0 Å². The first kappa shape index (κ1) is 12.3. The van der Waals surface area contributed by atoms with E-state index in [2.05, 4.69) is 34.3 Å². The number of aryl methyl sites for hydroxylation is 2. The molecule has 2 heterocycles. The number of oxazole rings is 1. The number of fused-ring (bicyclic) bond motifs is 2. The molecule has 1 N–H and O–H groups in total. The number of nitrogens with zero attached hydrogens (tertiary/aromatic N) is 2. The Morgan fingerprint density at radius 3 is 2.67 bits per heavy atom. The summed E-state index contributed by atoms with van der Waals surface area (Å²) >= 11 is 1.60. The van der Waals surface area contributed by atoms with Gasteiger partial charge in [0.05, 0.1) is 10.2 Å². The highest BCUT2D eigenvalue weighted by atomic mass is 32.1. The van der Waals surface area contributed by atoms with E-state index in [-0.39, 0.29) is 0 Å². The quantitative estimate of drug-likeness (QED) is 0.577. The smallest absolute Gasteiger partial charge is 0.302 e. The molecule has 0 aliphatic heterocycles. The maximum atomic E-state index is 5.69. The highest BCUT2D eigenvalue weighted by molar-refractivity contribution is 7.22. The lowest BCUT2D eigenvalue weighted by Crippen LogP contribution is -1.88. The van der Waals surface area contributed by atoms with Gasteiger partial charge in [0.15, 0.2) is 10.7 Å². The van der Waals surface area contributed by atoms with Gasteiger partial charge in [-0.3, -0.25) is 5.32 Å². The summed E-state index contributed by atoms with van der Waals surface area (Å²) in [5.41, 5.74) is 5.02. The number of nitrogens with one attached hydrogen (secondary N) is 1. The minimum absolute atomic E-state index is 0.478. The minimum atomic E-state index is 0.478. The second-order valence-corrected chi connectivity index (χ2v) is 6.14. The first-order chi connectivity index (χ1) is 10.2. The van der Waals surface area contributed by atoms with Crippen molar-refractivity contribution in [2.24, 2.45) is 0 Å². The third kappa shape index (κ3) is 2.25. The highest BCUT2D eigenvalue weighted by Crippen LogP contribution is 2.30.